The van der Waals surface area contributed by atoms with Crippen molar-refractivity contribution in [2.24, 2.45) is 0 Å². The largest absolute Gasteiger partial charge is 0.444 e. The monoisotopic (exact) mass is 884 g/mol. The van der Waals surface area contributed by atoms with Crippen LogP contribution in [0.4, 0.5) is 21.0 Å². The minimum absolute atomic E-state index is 0.343. The van der Waals surface area contributed by atoms with Crippen LogP contribution in [0.25, 0.3) is 22.4 Å². The van der Waals surface area contributed by atoms with Gasteiger partial charge in [-0.2, -0.15) is 0 Å². The van der Waals surface area contributed by atoms with Crippen molar-refractivity contribution in [1.82, 2.24) is 30.4 Å². The predicted octanol–water partition coefficient (Wildman–Crippen LogP) is 7.62. The number of ether oxygens (including phenoxy) is 2. The predicted molar refractivity (Wildman–Crippen MR) is 245 cm³/mol. The summed E-state index contributed by atoms with van der Waals surface area (Å²) in [6, 6.07) is 26.6. The zero-order valence-corrected chi connectivity index (χ0v) is 37.5. The third-order valence-electron chi connectivity index (χ3n) is 10.9. The number of H-pyrrole nitrogens is 1. The normalized spacial score (nSPS) is 17.2. The van der Waals surface area contributed by atoms with E-state index in [1.807, 2.05) is 24.3 Å². The first-order valence-corrected chi connectivity index (χ1v) is 21.8. The van der Waals surface area contributed by atoms with Gasteiger partial charge in [-0.15, -0.1) is 0 Å². The van der Waals surface area contributed by atoms with Crippen LogP contribution in [0.1, 0.15) is 90.4 Å². The SMILES string of the molecule is CC(C)(C)OC(=O)N[C@@H](C(=O)N1CCC[C@H]1C(=O)Nc1ccc(-c2nc3ccc(NC(=O)[C@@H]4CCCN4C(=O)[C@H](NC(=O)OC(C)(C)C)c4ccccc4)cc3[nH]2)cc1)c1ccccc1. The van der Waals surface area contributed by atoms with Crippen LogP contribution in [0.3, 0.4) is 0 Å². The van der Waals surface area contributed by atoms with Crippen molar-refractivity contribution < 1.29 is 38.2 Å². The zero-order chi connectivity index (χ0) is 46.5. The molecule has 6 amide bonds. The van der Waals surface area contributed by atoms with Crippen molar-refractivity contribution in [2.75, 3.05) is 23.7 Å². The Hall–Kier alpha value is -7.23. The highest BCUT2D eigenvalue weighted by Gasteiger charge is 2.40. The van der Waals surface area contributed by atoms with Crippen molar-refractivity contribution in [3.8, 4) is 11.4 Å². The van der Waals surface area contributed by atoms with Gasteiger partial charge in [0.05, 0.1) is 11.0 Å². The lowest BCUT2D eigenvalue weighted by atomic mass is 10.0. The maximum atomic E-state index is 14.0. The number of aromatic nitrogens is 2. The Bertz CT molecular complexity index is 2530. The third kappa shape index (κ3) is 11.5. The molecule has 5 aromatic rings. The lowest BCUT2D eigenvalue weighted by Crippen LogP contribution is -2.49. The highest BCUT2D eigenvalue weighted by atomic mass is 16.6. The van der Waals surface area contributed by atoms with Gasteiger partial charge in [0.25, 0.3) is 11.8 Å². The number of nitrogens with one attached hydrogen (secondary N) is 5. The van der Waals surface area contributed by atoms with Crippen molar-refractivity contribution in [2.45, 2.75) is 103 Å². The fourth-order valence-corrected chi connectivity index (χ4v) is 8.04. The Labute approximate surface area is 377 Å². The minimum Gasteiger partial charge on any atom is -0.444 e. The summed E-state index contributed by atoms with van der Waals surface area (Å²) in [4.78, 5) is 92.2. The average Bonchev–Trinajstić information content (AvgIpc) is 4.05. The van der Waals surface area contributed by atoms with Crippen molar-refractivity contribution in [3.63, 3.8) is 0 Å². The molecule has 4 atom stereocenters. The fraction of sp³-hybridized carbons (Fsp3) is 0.367. The third-order valence-corrected chi connectivity index (χ3v) is 10.9. The molecule has 2 aliphatic heterocycles. The standard InChI is InChI=1S/C49H56N8O8/c1-48(2,3)64-46(62)54-39(30-15-9-7-10-16-30)44(60)56-27-13-19-37(56)42(58)50-33-23-21-32(22-24-33)41-52-35-26-25-34(29-36(35)53-41)51-43(59)38-20-14-28-57(38)45(61)40(31-17-11-8-12-18-31)55-47(63)65-49(4,5)6/h7-12,15-18,21-26,29,37-40H,13-14,19-20,27-28H2,1-6H3,(H,50,58)(H,51,59)(H,52,53)(H,54,62)(H,55,63)/t37-,38-,39+,40+/m0/s1. The van der Waals surface area contributed by atoms with E-state index in [1.165, 1.54) is 9.80 Å². The lowest BCUT2D eigenvalue weighted by molar-refractivity contribution is -0.138. The van der Waals surface area contributed by atoms with E-state index < -0.39 is 59.4 Å². The number of carbonyl (C=O) groups excluding carboxylic acids is 6. The molecular weight excluding hydrogens is 829 g/mol. The Morgan fingerprint density at radius 2 is 1.06 bits per heavy atom. The van der Waals surface area contributed by atoms with Crippen LogP contribution in [0, 0.1) is 0 Å². The molecule has 0 spiro atoms. The van der Waals surface area contributed by atoms with Gasteiger partial charge in [-0.05, 0) is 121 Å². The second kappa shape index (κ2) is 19.3. The van der Waals surface area contributed by atoms with Crippen molar-refractivity contribution in [1.29, 1.82) is 0 Å². The van der Waals surface area contributed by atoms with Gasteiger partial charge >= 0.3 is 12.2 Å². The number of anilines is 2. The molecule has 340 valence electrons. The Morgan fingerprint density at radius 3 is 1.52 bits per heavy atom. The summed E-state index contributed by atoms with van der Waals surface area (Å²) in [6.45, 7) is 11.2. The Kier molecular flexibility index (Phi) is 13.6. The van der Waals surface area contributed by atoms with Crippen LogP contribution >= 0.6 is 0 Å². The van der Waals surface area contributed by atoms with Crippen LogP contribution < -0.4 is 21.3 Å². The molecule has 4 aromatic carbocycles. The van der Waals surface area contributed by atoms with Crippen LogP contribution in [0.15, 0.2) is 103 Å². The Morgan fingerprint density at radius 1 is 0.615 bits per heavy atom. The average molecular weight is 885 g/mol. The van der Waals surface area contributed by atoms with Gasteiger partial charge in [-0.3, -0.25) is 19.2 Å². The molecule has 16 heteroatoms. The van der Waals surface area contributed by atoms with E-state index in [0.717, 1.165) is 5.56 Å². The summed E-state index contributed by atoms with van der Waals surface area (Å²) in [7, 11) is 0. The Balaban J connectivity index is 0.988. The maximum absolute atomic E-state index is 14.0. The van der Waals surface area contributed by atoms with Crippen LogP contribution in [0.5, 0.6) is 0 Å². The molecule has 16 nitrogen and oxygen atoms in total. The molecule has 0 unspecified atom stereocenters. The molecule has 2 fully saturated rings. The number of hydrogen-bond donors (Lipinski definition) is 5. The number of imidazole rings is 1. The van der Waals surface area contributed by atoms with Gasteiger partial charge in [-0.1, -0.05) is 60.7 Å². The van der Waals surface area contributed by atoms with Gasteiger partial charge < -0.3 is 45.5 Å². The van der Waals surface area contributed by atoms with Gasteiger partial charge in [0.15, 0.2) is 0 Å². The first-order valence-electron chi connectivity index (χ1n) is 21.8. The number of nitrogens with zero attached hydrogens (tertiary/aromatic N) is 3. The van der Waals surface area contributed by atoms with E-state index in [1.54, 1.807) is 120 Å². The van der Waals surface area contributed by atoms with E-state index >= 15 is 0 Å². The number of benzene rings is 4. The van der Waals surface area contributed by atoms with Crippen molar-refractivity contribution >= 4 is 58.2 Å². The molecule has 3 heterocycles. The molecule has 0 radical (unpaired) electrons. The van der Waals surface area contributed by atoms with Gasteiger partial charge in [0.2, 0.25) is 11.8 Å². The molecule has 2 aliphatic rings. The van der Waals surface area contributed by atoms with Crippen LogP contribution in [-0.2, 0) is 28.7 Å². The topological polar surface area (TPSA) is 204 Å². The summed E-state index contributed by atoms with van der Waals surface area (Å²) in [5.41, 5.74) is 2.72. The number of amides is 6. The summed E-state index contributed by atoms with van der Waals surface area (Å²) in [6.07, 6.45) is 0.689. The zero-order valence-electron chi connectivity index (χ0n) is 37.5. The first-order chi connectivity index (χ1) is 30.9. The molecule has 65 heavy (non-hydrogen) atoms. The molecule has 0 saturated carbocycles. The fourth-order valence-electron chi connectivity index (χ4n) is 8.04. The highest BCUT2D eigenvalue weighted by molar-refractivity contribution is 6.01. The quantitative estimate of drug-likeness (QED) is 0.0884. The van der Waals surface area contributed by atoms with Gasteiger partial charge in [-0.25, -0.2) is 14.6 Å². The molecule has 1 aromatic heterocycles. The molecule has 0 aliphatic carbocycles. The number of hydrogen-bond acceptors (Lipinski definition) is 9. The van der Waals surface area contributed by atoms with Crippen LogP contribution in [-0.4, -0.2) is 92.0 Å². The molecule has 5 N–H and O–H groups in total. The summed E-state index contributed by atoms with van der Waals surface area (Å²) in [5, 5.41) is 11.3. The minimum atomic E-state index is -1.05. The number of likely N-dealkylation sites (tertiary alicyclic amines) is 2. The second-order valence-electron chi connectivity index (χ2n) is 18.2. The summed E-state index contributed by atoms with van der Waals surface area (Å²) in [5.74, 6) is -0.939. The molecule has 7 rings (SSSR count). The number of fused-ring (bicyclic) bond motifs is 1. The molecular formula is C49H56N8O8. The van der Waals surface area contributed by atoms with Crippen molar-refractivity contribution in [3.05, 3.63) is 114 Å². The van der Waals surface area contributed by atoms with Gasteiger partial charge in [0.1, 0.15) is 41.2 Å². The first kappa shape index (κ1) is 45.8. The lowest BCUT2D eigenvalue weighted by Gasteiger charge is -2.29. The van der Waals surface area contributed by atoms with E-state index in [0.29, 0.717) is 78.1 Å². The second-order valence-corrected chi connectivity index (χ2v) is 18.2. The maximum Gasteiger partial charge on any atom is 0.408 e. The van der Waals surface area contributed by atoms with E-state index in [2.05, 4.69) is 26.3 Å². The number of rotatable bonds is 11. The number of aromatic amines is 1. The van der Waals surface area contributed by atoms with E-state index in [4.69, 9.17) is 14.5 Å². The smallest absolute Gasteiger partial charge is 0.408 e. The molecule has 0 bridgehead atoms. The highest BCUT2D eigenvalue weighted by Crippen LogP contribution is 2.29. The summed E-state index contributed by atoms with van der Waals surface area (Å²) < 4.78 is 10.9. The van der Waals surface area contributed by atoms with E-state index in [-0.39, 0.29) is 11.8 Å². The van der Waals surface area contributed by atoms with Gasteiger partial charge in [0, 0.05) is 30.0 Å². The summed E-state index contributed by atoms with van der Waals surface area (Å²) >= 11 is 0. The van der Waals surface area contributed by atoms with Crippen LogP contribution in [0.2, 0.25) is 0 Å². The molecule has 2 saturated heterocycles. The van der Waals surface area contributed by atoms with E-state index in [9.17, 15) is 28.8 Å². The number of alkyl carbamates (subject to hydrolysis) is 2. The number of carbonyl (C=O) groups is 6.